The molecule has 1 amide bonds. The quantitative estimate of drug-likeness (QED) is 0.687. The molecule has 6 nitrogen and oxygen atoms in total. The van der Waals surface area contributed by atoms with Crippen LogP contribution in [-0.2, 0) is 14.8 Å². The van der Waals surface area contributed by atoms with Crippen LogP contribution in [0.2, 0.25) is 0 Å². The van der Waals surface area contributed by atoms with Crippen LogP contribution in [0.1, 0.15) is 25.3 Å². The summed E-state index contributed by atoms with van der Waals surface area (Å²) >= 11 is 3.38. The maximum atomic E-state index is 12.9. The van der Waals surface area contributed by atoms with Crippen LogP contribution in [0.15, 0.2) is 57.9 Å². The minimum atomic E-state index is -3.51. The Balaban J connectivity index is 1.54. The molecule has 0 bridgehead atoms. The molecule has 8 heteroatoms. The van der Waals surface area contributed by atoms with E-state index < -0.39 is 10.0 Å². The third-order valence-corrected chi connectivity index (χ3v) is 7.40. The fraction of sp³-hybridized carbons (Fsp3) is 0.381. The SMILES string of the molecule is CC(C)c1ccc(S(=O)(=O)N2CCN(CC(=O)Nc3cccc(Br)c3)CC2)cc1. The Morgan fingerprint density at radius 1 is 1.07 bits per heavy atom. The number of nitrogens with zero attached hydrogens (tertiary/aromatic N) is 2. The van der Waals surface area contributed by atoms with Gasteiger partial charge in [-0.3, -0.25) is 9.69 Å². The Bertz CT molecular complexity index is 953. The third-order valence-electron chi connectivity index (χ3n) is 4.99. The molecule has 0 aliphatic carbocycles. The number of halogens is 1. The lowest BCUT2D eigenvalue weighted by Crippen LogP contribution is -2.50. The first kappa shape index (κ1) is 22.0. The van der Waals surface area contributed by atoms with Gasteiger partial charge in [-0.25, -0.2) is 8.42 Å². The summed E-state index contributed by atoms with van der Waals surface area (Å²) in [5.41, 5.74) is 1.85. The standard InChI is InChI=1S/C21H26BrN3O3S/c1-16(2)17-6-8-20(9-7-17)29(27,28)25-12-10-24(11-13-25)15-21(26)23-19-5-3-4-18(22)14-19/h3-9,14,16H,10-13,15H2,1-2H3,(H,23,26). The maximum Gasteiger partial charge on any atom is 0.243 e. The molecule has 2 aromatic carbocycles. The minimum absolute atomic E-state index is 0.108. The monoisotopic (exact) mass is 479 g/mol. The Hall–Kier alpha value is -1.74. The predicted octanol–water partition coefficient (Wildman–Crippen LogP) is 3.52. The third kappa shape index (κ3) is 5.66. The zero-order valence-electron chi connectivity index (χ0n) is 16.6. The molecule has 1 saturated heterocycles. The Kier molecular flexibility index (Phi) is 7.10. The summed E-state index contributed by atoms with van der Waals surface area (Å²) in [6, 6.07) is 14.5. The van der Waals surface area contributed by atoms with E-state index in [1.165, 1.54) is 4.31 Å². The molecule has 156 valence electrons. The van der Waals surface area contributed by atoms with E-state index in [-0.39, 0.29) is 12.5 Å². The molecule has 1 N–H and O–H groups in total. The first-order chi connectivity index (χ1) is 13.8. The Labute approximate surface area is 181 Å². The van der Waals surface area contributed by atoms with Gasteiger partial charge < -0.3 is 5.32 Å². The average Bonchev–Trinajstić information content (AvgIpc) is 2.68. The first-order valence-electron chi connectivity index (χ1n) is 9.63. The zero-order valence-corrected chi connectivity index (χ0v) is 19.0. The number of carbonyl (C=O) groups is 1. The molecule has 0 radical (unpaired) electrons. The molecule has 3 rings (SSSR count). The van der Waals surface area contributed by atoms with Gasteiger partial charge in [-0.2, -0.15) is 4.31 Å². The van der Waals surface area contributed by atoms with E-state index in [1.54, 1.807) is 12.1 Å². The molecular formula is C21H26BrN3O3S. The van der Waals surface area contributed by atoms with E-state index in [0.717, 1.165) is 15.7 Å². The highest BCUT2D eigenvalue weighted by Gasteiger charge is 2.29. The zero-order chi connectivity index (χ0) is 21.0. The summed E-state index contributed by atoms with van der Waals surface area (Å²) in [4.78, 5) is 14.6. The van der Waals surface area contributed by atoms with Crippen LogP contribution in [0.5, 0.6) is 0 Å². The first-order valence-corrected chi connectivity index (χ1v) is 11.9. The Morgan fingerprint density at radius 3 is 2.31 bits per heavy atom. The molecule has 0 unspecified atom stereocenters. The molecule has 2 aromatic rings. The van der Waals surface area contributed by atoms with Crippen LogP contribution in [0.25, 0.3) is 0 Å². The molecule has 1 aliphatic rings. The largest absolute Gasteiger partial charge is 0.325 e. The number of anilines is 1. The summed E-state index contributed by atoms with van der Waals surface area (Å²) < 4.78 is 28.2. The van der Waals surface area contributed by atoms with E-state index in [1.807, 2.05) is 41.3 Å². The number of carbonyl (C=O) groups excluding carboxylic acids is 1. The Morgan fingerprint density at radius 2 is 1.72 bits per heavy atom. The van der Waals surface area contributed by atoms with Gasteiger partial charge in [0.1, 0.15) is 0 Å². The minimum Gasteiger partial charge on any atom is -0.325 e. The van der Waals surface area contributed by atoms with Crippen molar-refractivity contribution in [3.05, 3.63) is 58.6 Å². The van der Waals surface area contributed by atoms with Gasteiger partial charge in [0.05, 0.1) is 11.4 Å². The van der Waals surface area contributed by atoms with Crippen LogP contribution >= 0.6 is 15.9 Å². The fourth-order valence-corrected chi connectivity index (χ4v) is 5.09. The lowest BCUT2D eigenvalue weighted by atomic mass is 10.0. The summed E-state index contributed by atoms with van der Waals surface area (Å²) in [5, 5.41) is 2.87. The summed E-state index contributed by atoms with van der Waals surface area (Å²) in [7, 11) is -3.51. The summed E-state index contributed by atoms with van der Waals surface area (Å²) in [5.74, 6) is 0.252. The molecule has 29 heavy (non-hydrogen) atoms. The van der Waals surface area contributed by atoms with Crippen molar-refractivity contribution in [3.8, 4) is 0 Å². The van der Waals surface area contributed by atoms with Crippen molar-refractivity contribution in [1.29, 1.82) is 0 Å². The highest BCUT2D eigenvalue weighted by molar-refractivity contribution is 9.10. The second kappa shape index (κ2) is 9.38. The van der Waals surface area contributed by atoms with Gasteiger partial charge >= 0.3 is 0 Å². The van der Waals surface area contributed by atoms with Crippen LogP contribution < -0.4 is 5.32 Å². The van der Waals surface area contributed by atoms with E-state index >= 15 is 0 Å². The van der Waals surface area contributed by atoms with Crippen molar-refractivity contribution < 1.29 is 13.2 Å². The van der Waals surface area contributed by atoms with Gasteiger partial charge in [-0.15, -0.1) is 0 Å². The number of piperazine rings is 1. The lowest BCUT2D eigenvalue weighted by Gasteiger charge is -2.33. The summed E-state index contributed by atoms with van der Waals surface area (Å²) in [6.07, 6.45) is 0. The average molecular weight is 480 g/mol. The highest BCUT2D eigenvalue weighted by atomic mass is 79.9. The van der Waals surface area contributed by atoms with Crippen LogP contribution in [0.4, 0.5) is 5.69 Å². The molecular weight excluding hydrogens is 454 g/mol. The second-order valence-electron chi connectivity index (χ2n) is 7.46. The maximum absolute atomic E-state index is 12.9. The van der Waals surface area contributed by atoms with Crippen LogP contribution in [0, 0.1) is 0 Å². The van der Waals surface area contributed by atoms with Gasteiger partial charge in [0.25, 0.3) is 0 Å². The molecule has 0 spiro atoms. The van der Waals surface area contributed by atoms with Crippen molar-refractivity contribution in [2.75, 3.05) is 38.0 Å². The number of sulfonamides is 1. The number of nitrogens with one attached hydrogen (secondary N) is 1. The fourth-order valence-electron chi connectivity index (χ4n) is 3.27. The molecule has 0 saturated carbocycles. The normalized spacial score (nSPS) is 16.1. The van der Waals surface area contributed by atoms with Crippen LogP contribution in [-0.4, -0.2) is 56.3 Å². The van der Waals surface area contributed by atoms with Gasteiger partial charge in [-0.05, 0) is 41.8 Å². The van der Waals surface area contributed by atoms with E-state index in [9.17, 15) is 13.2 Å². The van der Waals surface area contributed by atoms with Crippen molar-refractivity contribution in [2.45, 2.75) is 24.7 Å². The smallest absolute Gasteiger partial charge is 0.243 e. The van der Waals surface area contributed by atoms with E-state index in [0.29, 0.717) is 37.0 Å². The number of hydrogen-bond donors (Lipinski definition) is 1. The number of hydrogen-bond acceptors (Lipinski definition) is 4. The topological polar surface area (TPSA) is 69.7 Å². The molecule has 1 fully saturated rings. The van der Waals surface area contributed by atoms with Crippen LogP contribution in [0.3, 0.4) is 0 Å². The molecule has 0 aromatic heterocycles. The highest BCUT2D eigenvalue weighted by Crippen LogP contribution is 2.21. The number of rotatable bonds is 6. The van der Waals surface area contributed by atoms with Crippen molar-refractivity contribution in [1.82, 2.24) is 9.21 Å². The van der Waals surface area contributed by atoms with E-state index in [2.05, 4.69) is 35.1 Å². The number of benzene rings is 2. The van der Waals surface area contributed by atoms with Gasteiger partial charge in [0.15, 0.2) is 0 Å². The van der Waals surface area contributed by atoms with Gasteiger partial charge in [0, 0.05) is 36.3 Å². The predicted molar refractivity (Wildman–Crippen MR) is 119 cm³/mol. The van der Waals surface area contributed by atoms with Gasteiger partial charge in [0.2, 0.25) is 15.9 Å². The van der Waals surface area contributed by atoms with E-state index in [4.69, 9.17) is 0 Å². The molecule has 0 atom stereocenters. The molecule has 1 heterocycles. The summed E-state index contributed by atoms with van der Waals surface area (Å²) in [6.45, 7) is 6.19. The van der Waals surface area contributed by atoms with Crippen molar-refractivity contribution >= 4 is 37.5 Å². The second-order valence-corrected chi connectivity index (χ2v) is 10.3. The van der Waals surface area contributed by atoms with Crippen molar-refractivity contribution in [3.63, 3.8) is 0 Å². The van der Waals surface area contributed by atoms with Crippen molar-refractivity contribution in [2.24, 2.45) is 0 Å². The molecule has 1 aliphatic heterocycles. The van der Waals surface area contributed by atoms with Gasteiger partial charge in [-0.1, -0.05) is 48.0 Å². The lowest BCUT2D eigenvalue weighted by molar-refractivity contribution is -0.117. The number of amides is 1.